The Labute approximate surface area is 285 Å². The van der Waals surface area contributed by atoms with E-state index in [4.69, 9.17) is 14.2 Å². The Morgan fingerprint density at radius 2 is 1.35 bits per heavy atom. The predicted octanol–water partition coefficient (Wildman–Crippen LogP) is 5.60. The van der Waals surface area contributed by atoms with Gasteiger partial charge in [0.05, 0.1) is 6.54 Å². The fraction of sp³-hybridized carbons (Fsp3) is 0.447. The average molecular weight is 661 g/mol. The Kier molecular flexibility index (Phi) is 15.4. The van der Waals surface area contributed by atoms with E-state index >= 15 is 0 Å². The van der Waals surface area contributed by atoms with E-state index in [9.17, 15) is 14.4 Å². The Hall–Kier alpha value is -4.41. The minimum atomic E-state index is -0.890. The molecule has 0 fully saturated rings. The lowest BCUT2D eigenvalue weighted by molar-refractivity contribution is -0.161. The van der Waals surface area contributed by atoms with Crippen LogP contribution in [0.4, 0.5) is 4.79 Å². The van der Waals surface area contributed by atoms with Crippen LogP contribution in [0.1, 0.15) is 64.7 Å². The van der Waals surface area contributed by atoms with Gasteiger partial charge in [-0.2, -0.15) is 0 Å². The van der Waals surface area contributed by atoms with Crippen molar-refractivity contribution in [2.75, 3.05) is 19.8 Å². The monoisotopic (exact) mass is 660 g/mol. The maximum Gasteiger partial charge on any atom is 0.315 e. The van der Waals surface area contributed by atoms with Crippen LogP contribution in [0.25, 0.3) is 0 Å². The summed E-state index contributed by atoms with van der Waals surface area (Å²) >= 11 is 0. The highest BCUT2D eigenvalue weighted by Crippen LogP contribution is 2.20. The van der Waals surface area contributed by atoms with Crippen molar-refractivity contribution in [3.8, 4) is 5.75 Å². The van der Waals surface area contributed by atoms with E-state index in [1.54, 1.807) is 11.8 Å². The Bertz CT molecular complexity index is 1390. The highest BCUT2D eigenvalue weighted by Gasteiger charge is 2.29. The largest absolute Gasteiger partial charge is 0.488 e. The summed E-state index contributed by atoms with van der Waals surface area (Å²) in [7, 11) is 0. The van der Waals surface area contributed by atoms with Gasteiger partial charge in [-0.25, -0.2) is 4.79 Å². The second-order valence-electron chi connectivity index (χ2n) is 12.6. The van der Waals surface area contributed by atoms with E-state index in [1.807, 2.05) is 120 Å². The van der Waals surface area contributed by atoms with Crippen LogP contribution >= 0.6 is 0 Å². The lowest BCUT2D eigenvalue weighted by Crippen LogP contribution is -2.52. The second-order valence-corrected chi connectivity index (χ2v) is 12.6. The molecule has 0 aliphatic carbocycles. The summed E-state index contributed by atoms with van der Waals surface area (Å²) in [6.07, 6.45) is -0.393. The van der Waals surface area contributed by atoms with Gasteiger partial charge >= 0.3 is 6.03 Å². The maximum atomic E-state index is 14.4. The molecule has 0 spiro atoms. The number of urea groups is 1. The fourth-order valence-electron chi connectivity index (χ4n) is 5.08. The zero-order valence-electron chi connectivity index (χ0n) is 29.2. The van der Waals surface area contributed by atoms with Gasteiger partial charge in [-0.3, -0.25) is 9.59 Å². The third-order valence-corrected chi connectivity index (χ3v) is 7.19. The number of benzene rings is 3. The van der Waals surface area contributed by atoms with Crippen molar-refractivity contribution in [3.63, 3.8) is 0 Å². The molecule has 2 atom stereocenters. The number of nitrogens with zero attached hydrogens (tertiary/aromatic N) is 1. The third kappa shape index (κ3) is 14.1. The number of rotatable bonds is 18. The summed E-state index contributed by atoms with van der Waals surface area (Å²) in [4.78, 5) is 42.0. The van der Waals surface area contributed by atoms with Crippen LogP contribution in [0.3, 0.4) is 0 Å². The highest BCUT2D eigenvalue weighted by molar-refractivity contribution is 5.88. The quantitative estimate of drug-likeness (QED) is 0.153. The van der Waals surface area contributed by atoms with Crippen molar-refractivity contribution >= 4 is 17.8 Å². The second kappa shape index (κ2) is 19.4. The van der Waals surface area contributed by atoms with Gasteiger partial charge in [0.15, 0.2) is 6.29 Å². The van der Waals surface area contributed by atoms with Gasteiger partial charge in [0.1, 0.15) is 17.4 Å². The van der Waals surface area contributed by atoms with Crippen LogP contribution in [0.2, 0.25) is 0 Å². The molecule has 0 bridgehead atoms. The molecule has 4 amide bonds. The van der Waals surface area contributed by atoms with Crippen LogP contribution in [-0.4, -0.2) is 66.5 Å². The number of ether oxygens (including phenoxy) is 3. The van der Waals surface area contributed by atoms with Crippen LogP contribution < -0.4 is 20.7 Å². The SMILES string of the molecule is CCOC(CN(Cc1ccccc1)C(=O)[C@H](Cc1ccc(OC(C)(C)C)cc1)NC(=O)C[C@@H](C)NC(=O)NCc1ccccc1)OCC. The molecule has 10 heteroatoms. The van der Waals surface area contributed by atoms with Gasteiger partial charge in [-0.05, 0) is 70.4 Å². The highest BCUT2D eigenvalue weighted by atomic mass is 16.7. The van der Waals surface area contributed by atoms with Crippen molar-refractivity contribution in [1.29, 1.82) is 0 Å². The molecule has 0 heterocycles. The summed E-state index contributed by atoms with van der Waals surface area (Å²) in [5, 5.41) is 8.60. The molecule has 0 saturated heterocycles. The van der Waals surface area contributed by atoms with Gasteiger partial charge in [0.2, 0.25) is 11.8 Å². The van der Waals surface area contributed by atoms with Crippen molar-refractivity contribution in [2.45, 2.75) is 91.4 Å². The summed E-state index contributed by atoms with van der Waals surface area (Å²) < 4.78 is 17.6. The number of nitrogens with one attached hydrogen (secondary N) is 3. The first kappa shape index (κ1) is 38.0. The van der Waals surface area contributed by atoms with Crippen LogP contribution in [-0.2, 0) is 38.6 Å². The van der Waals surface area contributed by atoms with Crippen molar-refractivity contribution in [3.05, 3.63) is 102 Å². The molecule has 0 aliphatic rings. The molecule has 0 aliphatic heterocycles. The molecule has 3 rings (SSSR count). The Morgan fingerprint density at radius 3 is 1.92 bits per heavy atom. The van der Waals surface area contributed by atoms with Crippen molar-refractivity contribution in [1.82, 2.24) is 20.9 Å². The van der Waals surface area contributed by atoms with Crippen molar-refractivity contribution < 1.29 is 28.6 Å². The van der Waals surface area contributed by atoms with Gasteiger partial charge in [0.25, 0.3) is 0 Å². The van der Waals surface area contributed by atoms with Crippen LogP contribution in [0.15, 0.2) is 84.9 Å². The molecule has 0 radical (unpaired) electrons. The predicted molar refractivity (Wildman–Crippen MR) is 187 cm³/mol. The Balaban J connectivity index is 1.78. The molecule has 0 aromatic heterocycles. The maximum absolute atomic E-state index is 14.4. The topological polar surface area (TPSA) is 118 Å². The summed E-state index contributed by atoms with van der Waals surface area (Å²) in [5.41, 5.74) is 2.40. The normalized spacial score (nSPS) is 12.6. The minimum absolute atomic E-state index is 0.0138. The van der Waals surface area contributed by atoms with Crippen molar-refractivity contribution in [2.24, 2.45) is 0 Å². The van der Waals surface area contributed by atoms with E-state index in [1.165, 1.54) is 0 Å². The number of carbonyl (C=O) groups excluding carboxylic acids is 3. The Morgan fingerprint density at radius 1 is 0.771 bits per heavy atom. The fourth-order valence-corrected chi connectivity index (χ4v) is 5.08. The summed E-state index contributed by atoms with van der Waals surface area (Å²) in [5.74, 6) is 0.0844. The van der Waals surface area contributed by atoms with Gasteiger partial charge < -0.3 is 35.1 Å². The minimum Gasteiger partial charge on any atom is -0.488 e. The van der Waals surface area contributed by atoms with Crippen LogP contribution in [0, 0.1) is 0 Å². The molecule has 48 heavy (non-hydrogen) atoms. The third-order valence-electron chi connectivity index (χ3n) is 7.19. The first-order chi connectivity index (χ1) is 23.0. The number of hydrogen-bond acceptors (Lipinski definition) is 6. The molecule has 0 saturated carbocycles. The lowest BCUT2D eigenvalue weighted by Gasteiger charge is -2.31. The van der Waals surface area contributed by atoms with E-state index in [0.717, 1.165) is 16.7 Å². The first-order valence-electron chi connectivity index (χ1n) is 16.7. The molecule has 3 N–H and O–H groups in total. The molecular formula is C38H52N4O6. The first-order valence-corrected chi connectivity index (χ1v) is 16.7. The molecule has 10 nitrogen and oxygen atoms in total. The summed E-state index contributed by atoms with van der Waals surface area (Å²) in [6.45, 7) is 13.1. The average Bonchev–Trinajstić information content (AvgIpc) is 3.04. The molecule has 3 aromatic carbocycles. The molecule has 3 aromatic rings. The van der Waals surface area contributed by atoms with Gasteiger partial charge in [-0.1, -0.05) is 72.8 Å². The molecular weight excluding hydrogens is 608 g/mol. The van der Waals surface area contributed by atoms with Gasteiger partial charge in [0, 0.05) is 45.2 Å². The van der Waals surface area contributed by atoms with E-state index in [2.05, 4.69) is 16.0 Å². The van der Waals surface area contributed by atoms with E-state index in [-0.39, 0.29) is 42.8 Å². The van der Waals surface area contributed by atoms with E-state index in [0.29, 0.717) is 32.1 Å². The lowest BCUT2D eigenvalue weighted by atomic mass is 10.0. The zero-order chi connectivity index (χ0) is 34.9. The molecule has 260 valence electrons. The van der Waals surface area contributed by atoms with E-state index < -0.39 is 18.4 Å². The van der Waals surface area contributed by atoms with Gasteiger partial charge in [-0.15, -0.1) is 0 Å². The zero-order valence-corrected chi connectivity index (χ0v) is 29.2. The summed E-state index contributed by atoms with van der Waals surface area (Å²) in [6, 6.07) is 25.0. The number of amides is 4. The standard InChI is InChI=1S/C38H52N4O6/c1-7-46-35(47-8-2)27-42(26-31-17-13-10-14-18-31)36(44)33(24-29-19-21-32(22-20-29)48-38(4,5)6)41-34(43)23-28(3)40-37(45)39-25-30-15-11-9-12-16-30/h9-22,28,33,35H,7-8,23-27H2,1-6H3,(H,41,43)(H2,39,40,45)/t28-,33+/m1/s1. The number of hydrogen-bond donors (Lipinski definition) is 3. The van der Waals surface area contributed by atoms with Crippen LogP contribution in [0.5, 0.6) is 5.75 Å². The number of carbonyl (C=O) groups is 3. The molecule has 0 unspecified atom stereocenters. The smallest absolute Gasteiger partial charge is 0.315 e.